The van der Waals surface area contributed by atoms with E-state index in [4.69, 9.17) is 5.11 Å². The molecule has 0 unspecified atom stereocenters. The van der Waals surface area contributed by atoms with Crippen molar-refractivity contribution >= 4 is 5.97 Å². The number of benzene rings is 1. The minimum atomic E-state index is -0.877. The van der Waals surface area contributed by atoms with Gasteiger partial charge in [0.15, 0.2) is 0 Å². The average molecular weight is 248 g/mol. The van der Waals surface area contributed by atoms with Gasteiger partial charge < -0.3 is 5.11 Å². The van der Waals surface area contributed by atoms with Crippen LogP contribution in [0.4, 0.5) is 4.39 Å². The monoisotopic (exact) mass is 248 g/mol. The number of hydrogen-bond acceptors (Lipinski definition) is 2. The van der Waals surface area contributed by atoms with Gasteiger partial charge in [-0.15, -0.1) is 0 Å². The highest BCUT2D eigenvalue weighted by atomic mass is 19.1. The van der Waals surface area contributed by atoms with E-state index in [1.807, 2.05) is 0 Å². The second-order valence-electron chi connectivity index (χ2n) is 3.99. The summed E-state index contributed by atoms with van der Waals surface area (Å²) in [6.45, 7) is 2.09. The van der Waals surface area contributed by atoms with E-state index in [2.05, 4.69) is 5.10 Å². The summed E-state index contributed by atoms with van der Waals surface area (Å²) in [7, 11) is 0. The fourth-order valence-corrected chi connectivity index (χ4v) is 1.82. The van der Waals surface area contributed by atoms with Crippen LogP contribution >= 0.6 is 0 Å². The molecule has 1 aromatic heterocycles. The number of aliphatic carboxylic acids is 1. The number of halogens is 1. The molecule has 2 rings (SSSR count). The van der Waals surface area contributed by atoms with E-state index in [-0.39, 0.29) is 18.8 Å². The van der Waals surface area contributed by atoms with Crippen LogP contribution in [0.5, 0.6) is 0 Å². The van der Waals surface area contributed by atoms with Crippen LogP contribution in [0.1, 0.15) is 12.1 Å². The van der Waals surface area contributed by atoms with Crippen molar-refractivity contribution in [3.8, 4) is 11.1 Å². The molecule has 1 heterocycles. The lowest BCUT2D eigenvalue weighted by Crippen LogP contribution is -2.07. The lowest BCUT2D eigenvalue weighted by Gasteiger charge is -2.04. The van der Waals surface area contributed by atoms with Crippen molar-refractivity contribution in [2.24, 2.45) is 0 Å². The molecule has 0 fully saturated rings. The standard InChI is InChI=1S/C13H13FN2O2/c1-9-11(10-4-2-3-5-12(10)14)8-15-16(9)7-6-13(17)18/h2-5,8H,6-7H2,1H3,(H,17,18). The largest absolute Gasteiger partial charge is 0.481 e. The van der Waals surface area contributed by atoms with Crippen LogP contribution < -0.4 is 0 Å². The Morgan fingerprint density at radius 3 is 2.78 bits per heavy atom. The smallest absolute Gasteiger partial charge is 0.305 e. The van der Waals surface area contributed by atoms with E-state index in [9.17, 15) is 9.18 Å². The normalized spacial score (nSPS) is 10.6. The molecule has 0 spiro atoms. The first-order valence-electron chi connectivity index (χ1n) is 5.58. The van der Waals surface area contributed by atoms with Crippen molar-refractivity contribution in [1.82, 2.24) is 9.78 Å². The fourth-order valence-electron chi connectivity index (χ4n) is 1.82. The number of carboxylic acid groups (broad SMARTS) is 1. The first-order chi connectivity index (χ1) is 8.59. The fraction of sp³-hybridized carbons (Fsp3) is 0.231. The summed E-state index contributed by atoms with van der Waals surface area (Å²) in [5, 5.41) is 12.7. The zero-order valence-corrected chi connectivity index (χ0v) is 9.93. The maximum absolute atomic E-state index is 13.6. The summed E-state index contributed by atoms with van der Waals surface area (Å²) in [5.41, 5.74) is 1.94. The molecule has 0 aliphatic carbocycles. The third kappa shape index (κ3) is 2.40. The summed E-state index contributed by atoms with van der Waals surface area (Å²) in [6.07, 6.45) is 1.56. The molecule has 0 radical (unpaired) electrons. The highest BCUT2D eigenvalue weighted by Crippen LogP contribution is 2.25. The maximum Gasteiger partial charge on any atom is 0.305 e. The molecule has 94 valence electrons. The van der Waals surface area contributed by atoms with Gasteiger partial charge >= 0.3 is 5.97 Å². The molecule has 1 aromatic carbocycles. The lowest BCUT2D eigenvalue weighted by molar-refractivity contribution is -0.137. The van der Waals surface area contributed by atoms with Crippen LogP contribution in [0.15, 0.2) is 30.5 Å². The second kappa shape index (κ2) is 5.00. The Balaban J connectivity index is 2.31. The number of carboxylic acids is 1. The number of nitrogens with zero attached hydrogens (tertiary/aromatic N) is 2. The molecule has 1 N–H and O–H groups in total. The number of rotatable bonds is 4. The summed E-state index contributed by atoms with van der Waals surface area (Å²) < 4.78 is 15.2. The van der Waals surface area contributed by atoms with Crippen molar-refractivity contribution in [3.63, 3.8) is 0 Å². The molecule has 0 bridgehead atoms. The number of carbonyl (C=O) groups is 1. The highest BCUT2D eigenvalue weighted by Gasteiger charge is 2.12. The van der Waals surface area contributed by atoms with E-state index in [1.54, 1.807) is 36.0 Å². The van der Waals surface area contributed by atoms with Gasteiger partial charge in [-0.05, 0) is 13.0 Å². The van der Waals surface area contributed by atoms with E-state index < -0.39 is 5.97 Å². The van der Waals surface area contributed by atoms with Crippen LogP contribution in [0, 0.1) is 12.7 Å². The zero-order valence-electron chi connectivity index (χ0n) is 9.93. The summed E-state index contributed by atoms with van der Waals surface area (Å²) in [4.78, 5) is 10.5. The number of aromatic nitrogens is 2. The lowest BCUT2D eigenvalue weighted by atomic mass is 10.1. The molecule has 0 amide bonds. The van der Waals surface area contributed by atoms with Crippen molar-refractivity contribution in [3.05, 3.63) is 42.0 Å². The van der Waals surface area contributed by atoms with Gasteiger partial charge in [0.05, 0.1) is 19.2 Å². The zero-order chi connectivity index (χ0) is 13.1. The Morgan fingerprint density at radius 1 is 1.39 bits per heavy atom. The van der Waals surface area contributed by atoms with Crippen molar-refractivity contribution in [2.75, 3.05) is 0 Å². The topological polar surface area (TPSA) is 55.1 Å². The molecule has 0 aliphatic rings. The summed E-state index contributed by atoms with van der Waals surface area (Å²) >= 11 is 0. The molecule has 18 heavy (non-hydrogen) atoms. The minimum Gasteiger partial charge on any atom is -0.481 e. The van der Waals surface area contributed by atoms with E-state index in [0.29, 0.717) is 11.1 Å². The van der Waals surface area contributed by atoms with Gasteiger partial charge in [0.2, 0.25) is 0 Å². The molecule has 0 saturated carbocycles. The van der Waals surface area contributed by atoms with Gasteiger partial charge in [0.1, 0.15) is 5.82 Å². The van der Waals surface area contributed by atoms with Crippen LogP contribution in [0.2, 0.25) is 0 Å². The number of aryl methyl sites for hydroxylation is 1. The SMILES string of the molecule is Cc1c(-c2ccccc2F)cnn1CCC(=O)O. The van der Waals surface area contributed by atoms with Gasteiger partial charge in [-0.25, -0.2) is 4.39 Å². The summed E-state index contributed by atoms with van der Waals surface area (Å²) in [6, 6.07) is 6.46. The third-order valence-corrected chi connectivity index (χ3v) is 2.80. The van der Waals surface area contributed by atoms with Gasteiger partial charge in [0, 0.05) is 16.8 Å². The molecule has 2 aromatic rings. The second-order valence-corrected chi connectivity index (χ2v) is 3.99. The molecule has 0 saturated heterocycles. The van der Waals surface area contributed by atoms with Crippen LogP contribution in [0.3, 0.4) is 0 Å². The predicted octanol–water partition coefficient (Wildman–Crippen LogP) is 2.47. The molecular weight excluding hydrogens is 235 g/mol. The van der Waals surface area contributed by atoms with Crippen LogP contribution in [-0.4, -0.2) is 20.9 Å². The molecule has 0 aliphatic heterocycles. The minimum absolute atomic E-state index is 0.000762. The Labute approximate surface area is 104 Å². The maximum atomic E-state index is 13.6. The third-order valence-electron chi connectivity index (χ3n) is 2.80. The van der Waals surface area contributed by atoms with Gasteiger partial charge in [-0.1, -0.05) is 18.2 Å². The Hall–Kier alpha value is -2.17. The Bertz CT molecular complexity index is 578. The first-order valence-corrected chi connectivity index (χ1v) is 5.58. The van der Waals surface area contributed by atoms with Gasteiger partial charge in [0.25, 0.3) is 0 Å². The van der Waals surface area contributed by atoms with Gasteiger partial charge in [-0.3, -0.25) is 9.48 Å². The van der Waals surface area contributed by atoms with Crippen molar-refractivity contribution in [1.29, 1.82) is 0 Å². The van der Waals surface area contributed by atoms with Crippen LogP contribution in [-0.2, 0) is 11.3 Å². The van der Waals surface area contributed by atoms with Crippen LogP contribution in [0.25, 0.3) is 11.1 Å². The molecule has 5 heteroatoms. The summed E-state index contributed by atoms with van der Waals surface area (Å²) in [5.74, 6) is -1.18. The Kier molecular flexibility index (Phi) is 3.41. The predicted molar refractivity (Wildman–Crippen MR) is 64.6 cm³/mol. The highest BCUT2D eigenvalue weighted by molar-refractivity contribution is 5.67. The average Bonchev–Trinajstić information content (AvgIpc) is 2.69. The quantitative estimate of drug-likeness (QED) is 0.904. The first kappa shape index (κ1) is 12.3. The number of hydrogen-bond donors (Lipinski definition) is 1. The van der Waals surface area contributed by atoms with Gasteiger partial charge in [-0.2, -0.15) is 5.10 Å². The Morgan fingerprint density at radius 2 is 2.11 bits per heavy atom. The van der Waals surface area contributed by atoms with E-state index >= 15 is 0 Å². The van der Waals surface area contributed by atoms with E-state index in [0.717, 1.165) is 5.69 Å². The molecular formula is C13H13FN2O2. The van der Waals surface area contributed by atoms with Crippen molar-refractivity contribution < 1.29 is 14.3 Å². The molecule has 4 nitrogen and oxygen atoms in total. The molecule has 0 atom stereocenters. The van der Waals surface area contributed by atoms with Crippen molar-refractivity contribution in [2.45, 2.75) is 19.9 Å². The van der Waals surface area contributed by atoms with E-state index in [1.165, 1.54) is 6.07 Å².